The first-order chi connectivity index (χ1) is 10.3. The van der Waals surface area contributed by atoms with Crippen molar-refractivity contribution in [3.05, 3.63) is 66.4 Å². The van der Waals surface area contributed by atoms with E-state index >= 15 is 0 Å². The summed E-state index contributed by atoms with van der Waals surface area (Å²) >= 11 is 0. The minimum atomic E-state index is -0.0871. The third kappa shape index (κ3) is 2.69. The highest BCUT2D eigenvalue weighted by atomic mass is 16.1. The van der Waals surface area contributed by atoms with Crippen molar-refractivity contribution in [1.29, 1.82) is 0 Å². The van der Waals surface area contributed by atoms with Gasteiger partial charge in [-0.25, -0.2) is 0 Å². The maximum atomic E-state index is 11.5. The van der Waals surface area contributed by atoms with E-state index in [4.69, 9.17) is 0 Å². The van der Waals surface area contributed by atoms with Crippen molar-refractivity contribution in [3.8, 4) is 0 Å². The minimum absolute atomic E-state index is 0.0871. The first-order valence-electron chi connectivity index (χ1n) is 6.71. The Morgan fingerprint density at radius 3 is 2.52 bits per heavy atom. The number of aromatic nitrogens is 1. The van der Waals surface area contributed by atoms with Crippen LogP contribution in [-0.4, -0.2) is 17.9 Å². The van der Waals surface area contributed by atoms with E-state index in [1.165, 1.54) is 0 Å². The molecule has 0 aliphatic heterocycles. The largest absolute Gasteiger partial charge is 0.355 e. The lowest BCUT2D eigenvalue weighted by atomic mass is 10.1. The van der Waals surface area contributed by atoms with Gasteiger partial charge in [-0.05, 0) is 36.4 Å². The van der Waals surface area contributed by atoms with Gasteiger partial charge in [0, 0.05) is 35.6 Å². The van der Waals surface area contributed by atoms with Crippen LogP contribution in [0.3, 0.4) is 0 Å². The van der Waals surface area contributed by atoms with Crippen LogP contribution in [0, 0.1) is 0 Å². The summed E-state index contributed by atoms with van der Waals surface area (Å²) in [6, 6.07) is 17.3. The van der Waals surface area contributed by atoms with Gasteiger partial charge in [-0.15, -0.1) is 0 Å². The predicted molar refractivity (Wildman–Crippen MR) is 84.9 cm³/mol. The Morgan fingerprint density at radius 1 is 1.00 bits per heavy atom. The molecule has 0 fully saturated rings. The molecule has 0 bridgehead atoms. The molecule has 1 aromatic heterocycles. The SMILES string of the molecule is CNC(=O)c1ccc(Nc2ccnc3ccccc23)cc1. The summed E-state index contributed by atoms with van der Waals surface area (Å²) in [5.41, 5.74) is 3.51. The number of carbonyl (C=O) groups excluding carboxylic acids is 1. The van der Waals surface area contributed by atoms with Crippen LogP contribution in [0.15, 0.2) is 60.8 Å². The zero-order valence-electron chi connectivity index (χ0n) is 11.6. The number of carbonyl (C=O) groups is 1. The number of benzene rings is 2. The molecule has 4 nitrogen and oxygen atoms in total. The molecule has 0 saturated heterocycles. The van der Waals surface area contributed by atoms with E-state index in [2.05, 4.69) is 15.6 Å². The molecule has 2 N–H and O–H groups in total. The molecule has 3 aromatic rings. The highest BCUT2D eigenvalue weighted by Crippen LogP contribution is 2.24. The van der Waals surface area contributed by atoms with Crippen molar-refractivity contribution < 1.29 is 4.79 Å². The second-order valence-electron chi connectivity index (χ2n) is 4.66. The zero-order valence-corrected chi connectivity index (χ0v) is 11.6. The Morgan fingerprint density at radius 2 is 1.76 bits per heavy atom. The Hall–Kier alpha value is -2.88. The zero-order chi connectivity index (χ0) is 14.7. The van der Waals surface area contributed by atoms with Gasteiger partial charge in [0.05, 0.1) is 5.52 Å². The van der Waals surface area contributed by atoms with Gasteiger partial charge in [0.25, 0.3) is 5.91 Å². The van der Waals surface area contributed by atoms with Crippen LogP contribution in [0.2, 0.25) is 0 Å². The summed E-state index contributed by atoms with van der Waals surface area (Å²) in [5, 5.41) is 7.03. The molecule has 3 rings (SSSR count). The fourth-order valence-electron chi connectivity index (χ4n) is 2.21. The van der Waals surface area contributed by atoms with E-state index in [-0.39, 0.29) is 5.91 Å². The Labute approximate surface area is 122 Å². The third-order valence-electron chi connectivity index (χ3n) is 3.30. The standard InChI is InChI=1S/C17H15N3O/c1-18-17(21)12-6-8-13(9-7-12)20-16-10-11-19-15-5-3-2-4-14(15)16/h2-11H,1H3,(H,18,21)(H,19,20). The molecule has 2 aromatic carbocycles. The van der Waals surface area contributed by atoms with E-state index in [1.54, 1.807) is 25.4 Å². The van der Waals surface area contributed by atoms with Gasteiger partial charge < -0.3 is 10.6 Å². The first kappa shape index (κ1) is 13.1. The highest BCUT2D eigenvalue weighted by molar-refractivity contribution is 5.95. The first-order valence-corrected chi connectivity index (χ1v) is 6.71. The molecular weight excluding hydrogens is 262 g/mol. The van der Waals surface area contributed by atoms with E-state index in [9.17, 15) is 4.79 Å². The number of nitrogens with one attached hydrogen (secondary N) is 2. The van der Waals surface area contributed by atoms with Gasteiger partial charge in [-0.1, -0.05) is 18.2 Å². The van der Waals surface area contributed by atoms with Gasteiger partial charge in [0.15, 0.2) is 0 Å². The lowest BCUT2D eigenvalue weighted by Gasteiger charge is -2.10. The third-order valence-corrected chi connectivity index (χ3v) is 3.30. The number of nitrogens with zero attached hydrogens (tertiary/aromatic N) is 1. The number of hydrogen-bond donors (Lipinski definition) is 2. The topological polar surface area (TPSA) is 54.0 Å². The summed E-state index contributed by atoms with van der Waals surface area (Å²) in [6.45, 7) is 0. The molecule has 104 valence electrons. The normalized spacial score (nSPS) is 10.3. The van der Waals surface area contributed by atoms with Crippen molar-refractivity contribution in [2.45, 2.75) is 0 Å². The highest BCUT2D eigenvalue weighted by Gasteiger charge is 2.04. The minimum Gasteiger partial charge on any atom is -0.355 e. The van der Waals surface area contributed by atoms with Crippen LogP contribution in [-0.2, 0) is 0 Å². The number of rotatable bonds is 3. The van der Waals surface area contributed by atoms with E-state index in [0.29, 0.717) is 5.56 Å². The number of anilines is 2. The Bertz CT molecular complexity index is 776. The summed E-state index contributed by atoms with van der Waals surface area (Å²) in [7, 11) is 1.62. The fraction of sp³-hybridized carbons (Fsp3) is 0.0588. The van der Waals surface area contributed by atoms with E-state index in [0.717, 1.165) is 22.3 Å². The predicted octanol–water partition coefficient (Wildman–Crippen LogP) is 3.34. The molecular formula is C17H15N3O. The smallest absolute Gasteiger partial charge is 0.251 e. The van der Waals surface area contributed by atoms with Gasteiger partial charge in [-0.3, -0.25) is 9.78 Å². The van der Waals surface area contributed by atoms with Crippen molar-refractivity contribution in [1.82, 2.24) is 10.3 Å². The molecule has 1 heterocycles. The molecule has 0 spiro atoms. The number of amides is 1. The maximum absolute atomic E-state index is 11.5. The molecule has 1 amide bonds. The van der Waals surface area contributed by atoms with Crippen LogP contribution in [0.4, 0.5) is 11.4 Å². The van der Waals surface area contributed by atoms with Crippen LogP contribution < -0.4 is 10.6 Å². The second kappa shape index (κ2) is 5.63. The van der Waals surface area contributed by atoms with Crippen LogP contribution in [0.25, 0.3) is 10.9 Å². The molecule has 0 saturated carbocycles. The second-order valence-corrected chi connectivity index (χ2v) is 4.66. The molecule has 0 radical (unpaired) electrons. The Kier molecular flexibility index (Phi) is 3.51. The summed E-state index contributed by atoms with van der Waals surface area (Å²) < 4.78 is 0. The summed E-state index contributed by atoms with van der Waals surface area (Å²) in [4.78, 5) is 15.9. The number of fused-ring (bicyclic) bond motifs is 1. The number of hydrogen-bond acceptors (Lipinski definition) is 3. The Balaban J connectivity index is 1.90. The average molecular weight is 277 g/mol. The lowest BCUT2D eigenvalue weighted by molar-refractivity contribution is 0.0963. The van der Waals surface area contributed by atoms with Gasteiger partial charge in [0.2, 0.25) is 0 Å². The van der Waals surface area contributed by atoms with E-state index in [1.807, 2.05) is 42.5 Å². The molecule has 0 atom stereocenters. The monoisotopic (exact) mass is 277 g/mol. The van der Waals surface area contributed by atoms with Crippen molar-refractivity contribution >= 4 is 28.2 Å². The number of para-hydroxylation sites is 1. The summed E-state index contributed by atoms with van der Waals surface area (Å²) in [6.07, 6.45) is 1.78. The molecule has 0 aliphatic carbocycles. The van der Waals surface area contributed by atoms with Crippen LogP contribution in [0.1, 0.15) is 10.4 Å². The number of pyridine rings is 1. The average Bonchev–Trinajstić information content (AvgIpc) is 2.55. The molecule has 21 heavy (non-hydrogen) atoms. The maximum Gasteiger partial charge on any atom is 0.251 e. The van der Waals surface area contributed by atoms with E-state index < -0.39 is 0 Å². The van der Waals surface area contributed by atoms with Gasteiger partial charge in [0.1, 0.15) is 0 Å². The molecule has 4 heteroatoms. The quantitative estimate of drug-likeness (QED) is 0.772. The van der Waals surface area contributed by atoms with Crippen molar-refractivity contribution in [2.75, 3.05) is 12.4 Å². The molecule has 0 aliphatic rings. The van der Waals surface area contributed by atoms with Crippen molar-refractivity contribution in [3.63, 3.8) is 0 Å². The van der Waals surface area contributed by atoms with Gasteiger partial charge in [-0.2, -0.15) is 0 Å². The van der Waals surface area contributed by atoms with Crippen LogP contribution >= 0.6 is 0 Å². The molecule has 0 unspecified atom stereocenters. The lowest BCUT2D eigenvalue weighted by Crippen LogP contribution is -2.17. The summed E-state index contributed by atoms with van der Waals surface area (Å²) in [5.74, 6) is -0.0871. The van der Waals surface area contributed by atoms with Crippen molar-refractivity contribution in [2.24, 2.45) is 0 Å². The van der Waals surface area contributed by atoms with Crippen LogP contribution in [0.5, 0.6) is 0 Å². The van der Waals surface area contributed by atoms with Gasteiger partial charge >= 0.3 is 0 Å². The fourth-order valence-corrected chi connectivity index (χ4v) is 2.21.